The van der Waals surface area contributed by atoms with Crippen LogP contribution in [-0.4, -0.2) is 37.7 Å². The van der Waals surface area contributed by atoms with Gasteiger partial charge in [-0.25, -0.2) is 17.6 Å². The summed E-state index contributed by atoms with van der Waals surface area (Å²) in [6.07, 6.45) is 3.87. The Labute approximate surface area is 146 Å². The Kier molecular flexibility index (Phi) is 8.15. The third kappa shape index (κ3) is 7.39. The molecule has 0 atom stereocenters. The van der Waals surface area contributed by atoms with Crippen LogP contribution in [0.2, 0.25) is 0 Å². The van der Waals surface area contributed by atoms with Gasteiger partial charge in [0.25, 0.3) is 0 Å². The van der Waals surface area contributed by atoms with Crippen molar-refractivity contribution in [1.29, 1.82) is 0 Å². The molecular weight excluding hydrogens is 348 g/mol. The SMILES string of the molecule is COS(=O)(=O)[O-].Cn1cc[n+](C)c1N=Nc1ccccc1NCCN. The number of hydrogen-bond acceptors (Lipinski definition) is 8. The summed E-state index contributed by atoms with van der Waals surface area (Å²) in [6.45, 7) is 1.29. The first kappa shape index (κ1) is 20.7. The number of azo groups is 1. The maximum atomic E-state index is 9.22. The van der Waals surface area contributed by atoms with Gasteiger partial charge >= 0.3 is 5.95 Å². The van der Waals surface area contributed by atoms with E-state index in [0.717, 1.165) is 24.4 Å². The Hall–Kier alpha value is -2.34. The van der Waals surface area contributed by atoms with Gasteiger partial charge in [-0.2, -0.15) is 0 Å². The van der Waals surface area contributed by atoms with Gasteiger partial charge in [0.1, 0.15) is 5.69 Å². The van der Waals surface area contributed by atoms with E-state index < -0.39 is 10.4 Å². The minimum Gasteiger partial charge on any atom is -0.726 e. The Morgan fingerprint density at radius 1 is 1.36 bits per heavy atom. The molecule has 3 N–H and O–H groups in total. The van der Waals surface area contributed by atoms with Crippen LogP contribution in [0.4, 0.5) is 17.3 Å². The van der Waals surface area contributed by atoms with Crippen molar-refractivity contribution >= 4 is 27.7 Å². The third-order valence-corrected chi connectivity index (χ3v) is 3.37. The molecule has 2 rings (SSSR count). The van der Waals surface area contributed by atoms with Gasteiger partial charge in [0.15, 0.2) is 0 Å². The van der Waals surface area contributed by atoms with Gasteiger partial charge in [-0.05, 0) is 12.1 Å². The van der Waals surface area contributed by atoms with Crippen LogP contribution in [0.15, 0.2) is 46.9 Å². The summed E-state index contributed by atoms with van der Waals surface area (Å²) in [6, 6.07) is 7.79. The molecule has 11 heteroatoms. The lowest BCUT2D eigenvalue weighted by atomic mass is 10.2. The topological polar surface area (TPSA) is 138 Å². The van der Waals surface area contributed by atoms with Gasteiger partial charge < -0.3 is 15.6 Å². The van der Waals surface area contributed by atoms with Gasteiger partial charge in [0, 0.05) is 18.2 Å². The first-order valence-corrected chi connectivity index (χ1v) is 8.59. The Morgan fingerprint density at radius 3 is 2.52 bits per heavy atom. The molecule has 0 aliphatic heterocycles. The molecular formula is C14H22N6O4S. The van der Waals surface area contributed by atoms with Crippen molar-refractivity contribution < 1.29 is 21.7 Å². The molecule has 1 aromatic carbocycles. The summed E-state index contributed by atoms with van der Waals surface area (Å²) in [4.78, 5) is 0. The normalized spacial score (nSPS) is 11.2. The molecule has 0 radical (unpaired) electrons. The van der Waals surface area contributed by atoms with Crippen LogP contribution in [0.25, 0.3) is 0 Å². The van der Waals surface area contributed by atoms with Crippen LogP contribution >= 0.6 is 0 Å². The van der Waals surface area contributed by atoms with Crippen molar-refractivity contribution in [2.75, 3.05) is 25.5 Å². The van der Waals surface area contributed by atoms with Crippen LogP contribution in [0.5, 0.6) is 0 Å². The van der Waals surface area contributed by atoms with E-state index in [4.69, 9.17) is 5.73 Å². The second kappa shape index (κ2) is 9.84. The number of nitrogens with one attached hydrogen (secondary N) is 1. The lowest BCUT2D eigenvalue weighted by molar-refractivity contribution is -0.657. The van der Waals surface area contributed by atoms with E-state index in [9.17, 15) is 13.0 Å². The highest BCUT2D eigenvalue weighted by atomic mass is 32.3. The van der Waals surface area contributed by atoms with Crippen molar-refractivity contribution in [2.45, 2.75) is 0 Å². The fourth-order valence-corrected chi connectivity index (χ4v) is 1.74. The van der Waals surface area contributed by atoms with Crippen LogP contribution in [-0.2, 0) is 28.7 Å². The summed E-state index contributed by atoms with van der Waals surface area (Å²) in [7, 11) is 0.271. The Balaban J connectivity index is 0.000000450. The molecule has 0 saturated carbocycles. The highest BCUT2D eigenvalue weighted by Crippen LogP contribution is 2.25. The van der Waals surface area contributed by atoms with E-state index in [0.29, 0.717) is 13.1 Å². The lowest BCUT2D eigenvalue weighted by Crippen LogP contribution is -2.25. The summed E-state index contributed by atoms with van der Waals surface area (Å²) in [5.74, 6) is 0.786. The van der Waals surface area contributed by atoms with Crippen LogP contribution in [0.1, 0.15) is 0 Å². The minimum atomic E-state index is -4.41. The van der Waals surface area contributed by atoms with Gasteiger partial charge in [-0.3, -0.25) is 4.18 Å². The van der Waals surface area contributed by atoms with Gasteiger partial charge in [-0.1, -0.05) is 17.2 Å². The van der Waals surface area contributed by atoms with E-state index in [-0.39, 0.29) is 0 Å². The summed E-state index contributed by atoms with van der Waals surface area (Å²) < 4.78 is 34.9. The lowest BCUT2D eigenvalue weighted by Gasteiger charge is -2.05. The number of aryl methyl sites for hydroxylation is 2. The molecule has 2 aromatic rings. The zero-order chi connectivity index (χ0) is 18.9. The molecule has 0 spiro atoms. The monoisotopic (exact) mass is 370 g/mol. The molecule has 0 saturated heterocycles. The average Bonchev–Trinajstić information content (AvgIpc) is 2.90. The third-order valence-electron chi connectivity index (χ3n) is 2.96. The Morgan fingerprint density at radius 2 is 2.00 bits per heavy atom. The highest BCUT2D eigenvalue weighted by Gasteiger charge is 2.11. The largest absolute Gasteiger partial charge is 0.726 e. The van der Waals surface area contributed by atoms with Crippen LogP contribution < -0.4 is 15.6 Å². The van der Waals surface area contributed by atoms with Crippen molar-refractivity contribution in [1.82, 2.24) is 4.57 Å². The molecule has 0 amide bonds. The zero-order valence-corrected chi connectivity index (χ0v) is 15.1. The average molecular weight is 370 g/mol. The number of nitrogens with zero attached hydrogens (tertiary/aromatic N) is 4. The molecule has 0 aliphatic rings. The second-order valence-corrected chi connectivity index (χ2v) is 5.98. The summed E-state index contributed by atoms with van der Waals surface area (Å²) in [5.41, 5.74) is 7.24. The fraction of sp³-hybridized carbons (Fsp3) is 0.357. The number of benzene rings is 1. The zero-order valence-electron chi connectivity index (χ0n) is 14.3. The number of hydrogen-bond donors (Lipinski definition) is 2. The van der Waals surface area contributed by atoms with Gasteiger partial charge in [0.05, 0.1) is 39.3 Å². The standard InChI is InChI=1S/C13H18N6.CH4O4S/c1-18-9-10-19(2)13(18)17-16-12-6-4-3-5-11(12)15-8-7-14;1-5-6(2,3)4/h3-6,9-10H,7-8,14H2,1-2H3;1H3,(H,2,3,4). The van der Waals surface area contributed by atoms with E-state index in [1.54, 1.807) is 0 Å². The maximum Gasteiger partial charge on any atom is 0.421 e. The van der Waals surface area contributed by atoms with Gasteiger partial charge in [-0.15, -0.1) is 0 Å². The van der Waals surface area contributed by atoms with Crippen molar-refractivity contribution in [2.24, 2.45) is 30.1 Å². The predicted molar refractivity (Wildman–Crippen MR) is 91.5 cm³/mol. The maximum absolute atomic E-state index is 9.22. The van der Waals surface area contributed by atoms with E-state index in [2.05, 4.69) is 19.7 Å². The molecule has 0 aliphatic carbocycles. The molecule has 1 aromatic heterocycles. The van der Waals surface area contributed by atoms with Crippen molar-refractivity contribution in [3.8, 4) is 0 Å². The van der Waals surface area contributed by atoms with Crippen molar-refractivity contribution in [3.63, 3.8) is 0 Å². The number of imidazole rings is 1. The number of para-hydroxylation sites is 1. The molecule has 1 heterocycles. The van der Waals surface area contributed by atoms with Crippen LogP contribution in [0, 0.1) is 0 Å². The molecule has 25 heavy (non-hydrogen) atoms. The first-order chi connectivity index (χ1) is 11.8. The van der Waals surface area contributed by atoms with Gasteiger partial charge in [0.2, 0.25) is 10.4 Å². The smallest absolute Gasteiger partial charge is 0.421 e. The second-order valence-electron chi connectivity index (χ2n) is 4.83. The number of rotatable bonds is 6. The van der Waals surface area contributed by atoms with E-state index >= 15 is 0 Å². The summed E-state index contributed by atoms with van der Waals surface area (Å²) >= 11 is 0. The molecule has 0 fully saturated rings. The number of aromatic nitrogens is 2. The Bertz CT molecular complexity index is 784. The molecule has 10 nitrogen and oxygen atoms in total. The first-order valence-electron chi connectivity index (χ1n) is 7.25. The quantitative estimate of drug-likeness (QED) is 0.333. The predicted octanol–water partition coefficient (Wildman–Crippen LogP) is 0.729. The molecule has 138 valence electrons. The summed E-state index contributed by atoms with van der Waals surface area (Å²) in [5, 5.41) is 11.8. The number of anilines is 1. The highest BCUT2D eigenvalue weighted by molar-refractivity contribution is 7.80. The number of nitrogens with two attached hydrogens (primary N) is 1. The fourth-order valence-electron chi connectivity index (χ4n) is 1.74. The van der Waals surface area contributed by atoms with Crippen molar-refractivity contribution in [3.05, 3.63) is 36.7 Å². The van der Waals surface area contributed by atoms with E-state index in [1.165, 1.54) is 0 Å². The minimum absolute atomic E-state index is 0.582. The van der Waals surface area contributed by atoms with Crippen LogP contribution in [0.3, 0.4) is 0 Å². The molecule has 0 bridgehead atoms. The molecule has 0 unspecified atom stereocenters. The van der Waals surface area contributed by atoms with E-state index in [1.807, 2.05) is 59.9 Å².